The summed E-state index contributed by atoms with van der Waals surface area (Å²) in [6, 6.07) is 2.85. The van der Waals surface area contributed by atoms with Gasteiger partial charge >= 0.3 is 6.18 Å². The molecule has 2 aliphatic heterocycles. The zero-order valence-corrected chi connectivity index (χ0v) is 15.4. The maximum absolute atomic E-state index is 13.8. The van der Waals surface area contributed by atoms with Crippen LogP contribution in [0.1, 0.15) is 41.6 Å². The van der Waals surface area contributed by atoms with Gasteiger partial charge in [-0.25, -0.2) is 9.37 Å². The standard InChI is InChI=1S/C18H16F4N6O2/c19-10-5-9(7-24-11(10)6-23)28-3-1-8(2-4-28)14-12-13(18(20,21)22)15(29)17(30)25-16(12)27-26-14/h5,7-8,13,15,29H,1-4H2,(H2,25,26,27,30). The average Bonchev–Trinajstić information content (AvgIpc) is 3.10. The van der Waals surface area contributed by atoms with Gasteiger partial charge in [0.2, 0.25) is 0 Å². The lowest BCUT2D eigenvalue weighted by Crippen LogP contribution is -2.44. The zero-order chi connectivity index (χ0) is 21.6. The fraction of sp³-hybridized carbons (Fsp3) is 0.444. The number of aromatic amines is 1. The van der Waals surface area contributed by atoms with Gasteiger partial charge in [0, 0.05) is 30.6 Å². The van der Waals surface area contributed by atoms with E-state index in [9.17, 15) is 27.5 Å². The predicted octanol–water partition coefficient (Wildman–Crippen LogP) is 2.16. The lowest BCUT2D eigenvalue weighted by molar-refractivity contribution is -0.177. The topological polar surface area (TPSA) is 118 Å². The van der Waals surface area contributed by atoms with Crippen LogP contribution in [0.2, 0.25) is 0 Å². The van der Waals surface area contributed by atoms with Gasteiger partial charge in [-0.1, -0.05) is 0 Å². The fourth-order valence-corrected chi connectivity index (χ4v) is 4.03. The third-order valence-electron chi connectivity index (χ3n) is 5.51. The van der Waals surface area contributed by atoms with Crippen molar-refractivity contribution in [2.75, 3.05) is 23.3 Å². The number of pyridine rings is 1. The number of hydrogen-bond donors (Lipinski definition) is 3. The van der Waals surface area contributed by atoms with Crippen molar-refractivity contribution >= 4 is 17.4 Å². The van der Waals surface area contributed by atoms with Crippen LogP contribution < -0.4 is 10.2 Å². The van der Waals surface area contributed by atoms with Gasteiger partial charge in [-0.15, -0.1) is 0 Å². The molecule has 2 unspecified atom stereocenters. The molecule has 0 spiro atoms. The van der Waals surface area contributed by atoms with E-state index in [0.29, 0.717) is 31.6 Å². The Morgan fingerprint density at radius 2 is 2.00 bits per heavy atom. The third-order valence-corrected chi connectivity index (χ3v) is 5.51. The summed E-state index contributed by atoms with van der Waals surface area (Å²) < 4.78 is 54.6. The summed E-state index contributed by atoms with van der Waals surface area (Å²) in [5.74, 6) is -4.72. The van der Waals surface area contributed by atoms with Gasteiger partial charge in [0.25, 0.3) is 5.91 Å². The minimum atomic E-state index is -4.82. The molecule has 2 aromatic heterocycles. The summed E-state index contributed by atoms with van der Waals surface area (Å²) in [6.07, 6.45) is -4.84. The zero-order valence-electron chi connectivity index (χ0n) is 15.4. The number of rotatable bonds is 2. The van der Waals surface area contributed by atoms with Crippen LogP contribution in [0, 0.1) is 17.1 Å². The maximum Gasteiger partial charge on any atom is 0.398 e. The molecule has 8 nitrogen and oxygen atoms in total. The number of H-pyrrole nitrogens is 1. The van der Waals surface area contributed by atoms with Crippen LogP contribution in [-0.2, 0) is 4.79 Å². The van der Waals surface area contributed by atoms with E-state index in [4.69, 9.17) is 5.26 Å². The summed E-state index contributed by atoms with van der Waals surface area (Å²) in [4.78, 5) is 17.3. The number of piperidine rings is 1. The van der Waals surface area contributed by atoms with Crippen molar-refractivity contribution in [2.24, 2.45) is 0 Å². The van der Waals surface area contributed by atoms with Gasteiger partial charge in [-0.05, 0) is 12.8 Å². The monoisotopic (exact) mass is 424 g/mol. The van der Waals surface area contributed by atoms with Gasteiger partial charge in [-0.2, -0.15) is 23.5 Å². The number of halogens is 4. The minimum absolute atomic E-state index is 0.150. The Balaban J connectivity index is 1.56. The second-order valence-corrected chi connectivity index (χ2v) is 7.25. The number of hydrogen-bond acceptors (Lipinski definition) is 6. The van der Waals surface area contributed by atoms with Crippen molar-refractivity contribution in [1.82, 2.24) is 15.2 Å². The Kier molecular flexibility index (Phi) is 4.85. The summed E-state index contributed by atoms with van der Waals surface area (Å²) in [6.45, 7) is 0.815. The summed E-state index contributed by atoms with van der Waals surface area (Å²) in [7, 11) is 0. The minimum Gasteiger partial charge on any atom is -0.382 e. The smallest absolute Gasteiger partial charge is 0.382 e. The van der Waals surface area contributed by atoms with E-state index >= 15 is 0 Å². The maximum atomic E-state index is 13.8. The van der Waals surface area contributed by atoms with E-state index in [2.05, 4.69) is 20.5 Å². The molecule has 1 fully saturated rings. The number of aliphatic hydroxyl groups excluding tert-OH is 1. The number of alkyl halides is 3. The van der Waals surface area contributed by atoms with Crippen LogP contribution in [0.5, 0.6) is 0 Å². The van der Waals surface area contributed by atoms with E-state index in [1.54, 1.807) is 6.07 Å². The van der Waals surface area contributed by atoms with Crippen molar-refractivity contribution in [2.45, 2.75) is 37.0 Å². The van der Waals surface area contributed by atoms with E-state index in [-0.39, 0.29) is 28.7 Å². The highest BCUT2D eigenvalue weighted by Crippen LogP contribution is 2.47. The summed E-state index contributed by atoms with van der Waals surface area (Å²) in [5.41, 5.74) is 0.0923. The number of nitrogens with zero attached hydrogens (tertiary/aromatic N) is 4. The number of nitriles is 1. The number of aromatic nitrogens is 3. The van der Waals surface area contributed by atoms with Crippen molar-refractivity contribution in [3.8, 4) is 6.07 Å². The molecule has 0 aromatic carbocycles. The molecule has 2 aliphatic rings. The van der Waals surface area contributed by atoms with Crippen molar-refractivity contribution in [3.05, 3.63) is 35.0 Å². The number of aliphatic hydroxyl groups is 1. The molecule has 1 saturated heterocycles. The van der Waals surface area contributed by atoms with E-state index in [1.165, 1.54) is 12.3 Å². The van der Waals surface area contributed by atoms with Crippen LogP contribution >= 0.6 is 0 Å². The number of fused-ring (bicyclic) bond motifs is 1. The molecule has 0 radical (unpaired) electrons. The number of amides is 1. The molecule has 4 rings (SSSR count). The van der Waals surface area contributed by atoms with Crippen LogP contribution in [0.15, 0.2) is 12.3 Å². The molecule has 0 aliphatic carbocycles. The van der Waals surface area contributed by atoms with E-state index < -0.39 is 29.9 Å². The highest BCUT2D eigenvalue weighted by molar-refractivity contribution is 5.97. The number of anilines is 2. The van der Waals surface area contributed by atoms with Gasteiger partial charge in [0.15, 0.2) is 11.5 Å². The van der Waals surface area contributed by atoms with Gasteiger partial charge in [-0.3, -0.25) is 9.89 Å². The van der Waals surface area contributed by atoms with Gasteiger partial charge < -0.3 is 15.3 Å². The largest absolute Gasteiger partial charge is 0.398 e. The molecule has 0 saturated carbocycles. The number of nitrogens with one attached hydrogen (secondary N) is 2. The Hall–Kier alpha value is -3.20. The van der Waals surface area contributed by atoms with Crippen molar-refractivity contribution in [1.29, 1.82) is 5.26 Å². The molecule has 0 bridgehead atoms. The first-order valence-corrected chi connectivity index (χ1v) is 9.15. The molecular formula is C18H16F4N6O2. The Morgan fingerprint density at radius 3 is 2.60 bits per heavy atom. The quantitative estimate of drug-likeness (QED) is 0.636. The summed E-state index contributed by atoms with van der Waals surface area (Å²) in [5, 5.41) is 27.3. The first-order chi connectivity index (χ1) is 14.2. The van der Waals surface area contributed by atoms with Crippen LogP contribution in [-0.4, -0.2) is 51.6 Å². The van der Waals surface area contributed by atoms with Gasteiger partial charge in [0.1, 0.15) is 23.9 Å². The van der Waals surface area contributed by atoms with E-state index in [1.807, 2.05) is 4.90 Å². The number of carbonyl (C=O) groups excluding carboxylic acids is 1. The number of carbonyl (C=O) groups is 1. The van der Waals surface area contributed by atoms with Crippen LogP contribution in [0.4, 0.5) is 29.1 Å². The van der Waals surface area contributed by atoms with Crippen LogP contribution in [0.25, 0.3) is 0 Å². The SMILES string of the molecule is N#Cc1ncc(N2CCC(c3n[nH]c4c3C(C(F)(F)F)C(O)C(=O)N4)CC2)cc1F. The lowest BCUT2D eigenvalue weighted by atomic mass is 9.83. The second kappa shape index (κ2) is 7.24. The second-order valence-electron chi connectivity index (χ2n) is 7.25. The normalized spacial score (nSPS) is 22.4. The fourth-order valence-electron chi connectivity index (χ4n) is 4.03. The molecule has 2 aromatic rings. The molecule has 4 heterocycles. The molecule has 1 amide bonds. The third kappa shape index (κ3) is 3.35. The molecule has 158 valence electrons. The average molecular weight is 424 g/mol. The Morgan fingerprint density at radius 1 is 1.30 bits per heavy atom. The van der Waals surface area contributed by atoms with E-state index in [0.717, 1.165) is 0 Å². The Bertz CT molecular complexity index is 1020. The van der Waals surface area contributed by atoms with Gasteiger partial charge in [0.05, 0.1) is 17.6 Å². The molecule has 3 N–H and O–H groups in total. The molecule has 30 heavy (non-hydrogen) atoms. The van der Waals surface area contributed by atoms with Crippen LogP contribution in [0.3, 0.4) is 0 Å². The molecule has 2 atom stereocenters. The first-order valence-electron chi connectivity index (χ1n) is 9.15. The molecular weight excluding hydrogens is 408 g/mol. The summed E-state index contributed by atoms with van der Waals surface area (Å²) >= 11 is 0. The highest BCUT2D eigenvalue weighted by Gasteiger charge is 2.53. The van der Waals surface area contributed by atoms with Crippen molar-refractivity contribution < 1.29 is 27.5 Å². The highest BCUT2D eigenvalue weighted by atomic mass is 19.4. The van der Waals surface area contributed by atoms with Crippen molar-refractivity contribution in [3.63, 3.8) is 0 Å². The predicted molar refractivity (Wildman–Crippen MR) is 95.1 cm³/mol. The lowest BCUT2D eigenvalue weighted by Gasteiger charge is -2.35. The molecule has 12 heteroatoms. The first kappa shape index (κ1) is 20.1. The Labute approximate surface area is 167 Å².